The van der Waals surface area contributed by atoms with E-state index in [9.17, 15) is 21.9 Å². The lowest BCUT2D eigenvalue weighted by atomic mass is 10.3. The third-order valence-corrected chi connectivity index (χ3v) is 5.73. The Morgan fingerprint density at radius 3 is 2.23 bits per heavy atom. The Balaban J connectivity index is 2.99. The van der Waals surface area contributed by atoms with Gasteiger partial charge in [0, 0.05) is 0 Å². The molecule has 8 heteroatoms. The average Bonchev–Trinajstić information content (AvgIpc) is 2.25. The van der Waals surface area contributed by atoms with Crippen LogP contribution in [0.3, 0.4) is 0 Å². The maximum Gasteiger partial charge on any atom is 0.217 e. The SMILES string of the molecule is CNS(=O)(=O)C1CS(=O)(=O)CC1O. The Bertz CT molecular complexity index is 383. The zero-order valence-electron chi connectivity index (χ0n) is 6.97. The fraction of sp³-hybridized carbons (Fsp3) is 1.00. The molecule has 0 radical (unpaired) electrons. The van der Waals surface area contributed by atoms with Crippen molar-refractivity contribution in [2.75, 3.05) is 18.6 Å². The zero-order valence-corrected chi connectivity index (χ0v) is 8.60. The Morgan fingerprint density at radius 1 is 1.38 bits per heavy atom. The molecule has 0 spiro atoms. The van der Waals surface area contributed by atoms with Gasteiger partial charge in [-0.05, 0) is 7.05 Å². The Kier molecular flexibility index (Phi) is 2.68. The van der Waals surface area contributed by atoms with Gasteiger partial charge in [0.2, 0.25) is 10.0 Å². The number of hydrogen-bond acceptors (Lipinski definition) is 5. The molecule has 6 nitrogen and oxygen atoms in total. The number of aliphatic hydroxyl groups excluding tert-OH is 1. The fourth-order valence-corrected chi connectivity index (χ4v) is 5.13. The minimum atomic E-state index is -3.70. The average molecular weight is 229 g/mol. The van der Waals surface area contributed by atoms with Gasteiger partial charge < -0.3 is 5.11 Å². The first-order chi connectivity index (χ1) is 5.78. The molecule has 13 heavy (non-hydrogen) atoms. The smallest absolute Gasteiger partial charge is 0.217 e. The van der Waals surface area contributed by atoms with Crippen LogP contribution in [0.15, 0.2) is 0 Å². The van der Waals surface area contributed by atoms with E-state index in [0.717, 1.165) is 0 Å². The van der Waals surface area contributed by atoms with Crippen LogP contribution >= 0.6 is 0 Å². The molecule has 2 N–H and O–H groups in total. The number of sulfonamides is 1. The molecule has 1 fully saturated rings. The summed E-state index contributed by atoms with van der Waals surface area (Å²) in [6.07, 6.45) is -1.32. The summed E-state index contributed by atoms with van der Waals surface area (Å²) >= 11 is 0. The minimum Gasteiger partial charge on any atom is -0.391 e. The van der Waals surface area contributed by atoms with Crippen LogP contribution < -0.4 is 4.72 Å². The molecule has 0 bridgehead atoms. The zero-order chi connectivity index (χ0) is 10.3. The summed E-state index contributed by atoms with van der Waals surface area (Å²) in [5.41, 5.74) is 0. The molecular weight excluding hydrogens is 218 g/mol. The van der Waals surface area contributed by atoms with Gasteiger partial charge in [-0.25, -0.2) is 21.6 Å². The summed E-state index contributed by atoms with van der Waals surface area (Å²) in [5.74, 6) is -0.976. The predicted molar refractivity (Wildman–Crippen MR) is 46.4 cm³/mol. The molecule has 1 heterocycles. The second-order valence-electron chi connectivity index (χ2n) is 2.93. The lowest BCUT2D eigenvalue weighted by Crippen LogP contribution is -2.39. The van der Waals surface area contributed by atoms with Gasteiger partial charge in [-0.2, -0.15) is 0 Å². The third-order valence-electron chi connectivity index (χ3n) is 1.96. The summed E-state index contributed by atoms with van der Waals surface area (Å²) in [6.45, 7) is 0. The van der Waals surface area contributed by atoms with E-state index >= 15 is 0 Å². The predicted octanol–water partition coefficient (Wildman–Crippen LogP) is -2.31. The third kappa shape index (κ3) is 2.19. The first-order valence-corrected chi connectivity index (χ1v) is 6.96. The fourth-order valence-electron chi connectivity index (χ4n) is 1.24. The van der Waals surface area contributed by atoms with Crippen LogP contribution in [-0.2, 0) is 19.9 Å². The highest BCUT2D eigenvalue weighted by Crippen LogP contribution is 2.18. The van der Waals surface area contributed by atoms with Crippen LogP contribution in [0.25, 0.3) is 0 Å². The molecule has 0 aromatic rings. The molecule has 0 aromatic carbocycles. The van der Waals surface area contributed by atoms with E-state index in [1.807, 2.05) is 4.72 Å². The first-order valence-electron chi connectivity index (χ1n) is 3.59. The summed E-state index contributed by atoms with van der Waals surface area (Å²) in [7, 11) is -5.92. The summed E-state index contributed by atoms with van der Waals surface area (Å²) < 4.78 is 46.3. The van der Waals surface area contributed by atoms with Crippen molar-refractivity contribution in [1.82, 2.24) is 4.72 Å². The van der Waals surface area contributed by atoms with Crippen molar-refractivity contribution in [3.63, 3.8) is 0 Å². The molecular formula is C5H11NO5S2. The second-order valence-corrected chi connectivity index (χ2v) is 7.19. The molecule has 78 valence electrons. The van der Waals surface area contributed by atoms with E-state index in [2.05, 4.69) is 0 Å². The van der Waals surface area contributed by atoms with Gasteiger partial charge >= 0.3 is 0 Å². The van der Waals surface area contributed by atoms with Crippen LogP contribution in [-0.4, -0.2) is 51.8 Å². The summed E-state index contributed by atoms with van der Waals surface area (Å²) in [4.78, 5) is 0. The lowest BCUT2D eigenvalue weighted by Gasteiger charge is -2.11. The Morgan fingerprint density at radius 2 is 1.92 bits per heavy atom. The molecule has 1 rings (SSSR count). The van der Waals surface area contributed by atoms with Gasteiger partial charge in [-0.15, -0.1) is 0 Å². The first kappa shape index (κ1) is 10.9. The topological polar surface area (TPSA) is 101 Å². The lowest BCUT2D eigenvalue weighted by molar-refractivity contribution is 0.204. The number of sulfone groups is 1. The highest BCUT2D eigenvalue weighted by atomic mass is 32.2. The van der Waals surface area contributed by atoms with Gasteiger partial charge in [-0.3, -0.25) is 0 Å². The Labute approximate surface area is 76.9 Å². The monoisotopic (exact) mass is 229 g/mol. The molecule has 0 aromatic heterocycles. The maximum absolute atomic E-state index is 11.2. The standard InChI is InChI=1S/C5H11NO5S2/c1-6-13(10,11)5-3-12(8,9)2-4(5)7/h4-7H,2-3H2,1H3. The number of hydrogen-bond donors (Lipinski definition) is 2. The van der Waals surface area contributed by atoms with E-state index in [1.165, 1.54) is 7.05 Å². The van der Waals surface area contributed by atoms with Crippen LogP contribution in [0.5, 0.6) is 0 Å². The van der Waals surface area contributed by atoms with Gasteiger partial charge in [0.25, 0.3) is 0 Å². The van der Waals surface area contributed by atoms with Crippen molar-refractivity contribution in [2.45, 2.75) is 11.4 Å². The van der Waals surface area contributed by atoms with E-state index in [-0.39, 0.29) is 0 Å². The van der Waals surface area contributed by atoms with E-state index in [1.54, 1.807) is 0 Å². The van der Waals surface area contributed by atoms with Gasteiger partial charge in [-0.1, -0.05) is 0 Å². The van der Waals surface area contributed by atoms with E-state index < -0.39 is 42.7 Å². The van der Waals surface area contributed by atoms with Crippen molar-refractivity contribution in [3.05, 3.63) is 0 Å². The Hall–Kier alpha value is -0.180. The van der Waals surface area contributed by atoms with Gasteiger partial charge in [0.05, 0.1) is 17.6 Å². The quantitative estimate of drug-likeness (QED) is 0.554. The van der Waals surface area contributed by atoms with Crippen LogP contribution in [0, 0.1) is 0 Å². The molecule has 0 amide bonds. The molecule has 0 aliphatic carbocycles. The van der Waals surface area contributed by atoms with Crippen molar-refractivity contribution in [1.29, 1.82) is 0 Å². The second kappa shape index (κ2) is 3.19. The largest absolute Gasteiger partial charge is 0.391 e. The van der Waals surface area contributed by atoms with Crippen LogP contribution in [0.2, 0.25) is 0 Å². The highest BCUT2D eigenvalue weighted by Gasteiger charge is 2.43. The molecule has 1 aliphatic rings. The number of aliphatic hydroxyl groups is 1. The van der Waals surface area contributed by atoms with Crippen molar-refractivity contribution in [2.24, 2.45) is 0 Å². The summed E-state index contributed by atoms with van der Waals surface area (Å²) in [5, 5.41) is 7.96. The number of nitrogens with one attached hydrogen (secondary N) is 1. The normalized spacial score (nSPS) is 33.4. The molecule has 2 unspecified atom stereocenters. The molecule has 2 atom stereocenters. The minimum absolute atomic E-state index is 0.474. The van der Waals surface area contributed by atoms with Crippen LogP contribution in [0.4, 0.5) is 0 Å². The van der Waals surface area contributed by atoms with Gasteiger partial charge in [0.15, 0.2) is 9.84 Å². The molecule has 1 saturated heterocycles. The van der Waals surface area contributed by atoms with Gasteiger partial charge in [0.1, 0.15) is 5.25 Å². The number of rotatable bonds is 2. The highest BCUT2D eigenvalue weighted by molar-refractivity contribution is 7.95. The van der Waals surface area contributed by atoms with Crippen LogP contribution in [0.1, 0.15) is 0 Å². The van der Waals surface area contributed by atoms with Crippen molar-refractivity contribution >= 4 is 19.9 Å². The summed E-state index contributed by atoms with van der Waals surface area (Å²) in [6, 6.07) is 0. The molecule has 0 saturated carbocycles. The van der Waals surface area contributed by atoms with Crippen molar-refractivity contribution in [3.8, 4) is 0 Å². The molecule has 1 aliphatic heterocycles. The van der Waals surface area contributed by atoms with Crippen molar-refractivity contribution < 1.29 is 21.9 Å². The van der Waals surface area contributed by atoms with E-state index in [4.69, 9.17) is 0 Å². The maximum atomic E-state index is 11.2. The van der Waals surface area contributed by atoms with E-state index in [0.29, 0.717) is 0 Å².